The molecule has 0 radical (unpaired) electrons. The number of aliphatic hydroxyl groups excluding tert-OH is 1. The Hall–Kier alpha value is -1.38. The predicted octanol–water partition coefficient (Wildman–Crippen LogP) is 2.75. The van der Waals surface area contributed by atoms with E-state index in [0.717, 1.165) is 12.0 Å². The molecule has 0 amide bonds. The molecule has 0 heterocycles. The van der Waals surface area contributed by atoms with Gasteiger partial charge in [0.2, 0.25) is 0 Å². The molecule has 0 aromatic heterocycles. The largest absolute Gasteiger partial charge is 0.392 e. The molecule has 0 spiro atoms. The standard InChI is InChI=1S/C16H20OSi/c1-4-7-15-14-9-6-5-8-13(14)12(11-17)10-16(15)18(2)3/h4-6,8-10,17-18H,1,7,11H2,2-3H3. The van der Waals surface area contributed by atoms with Crippen LogP contribution < -0.4 is 5.19 Å². The zero-order chi connectivity index (χ0) is 13.1. The van der Waals surface area contributed by atoms with E-state index in [9.17, 15) is 5.11 Å². The third kappa shape index (κ3) is 2.26. The molecule has 0 aliphatic carbocycles. The van der Waals surface area contributed by atoms with Crippen molar-refractivity contribution in [3.8, 4) is 0 Å². The smallest absolute Gasteiger partial charge is 0.0687 e. The van der Waals surface area contributed by atoms with E-state index < -0.39 is 8.80 Å². The van der Waals surface area contributed by atoms with E-state index in [1.807, 2.05) is 12.1 Å². The lowest BCUT2D eigenvalue weighted by molar-refractivity contribution is 0.283. The van der Waals surface area contributed by atoms with Crippen LogP contribution in [0.4, 0.5) is 0 Å². The molecule has 2 aromatic rings. The van der Waals surface area contributed by atoms with Crippen molar-refractivity contribution in [3.05, 3.63) is 54.1 Å². The van der Waals surface area contributed by atoms with Crippen LogP contribution >= 0.6 is 0 Å². The Morgan fingerprint density at radius 2 is 1.89 bits per heavy atom. The number of allylic oxidation sites excluding steroid dienone is 1. The first-order valence-electron chi connectivity index (χ1n) is 6.44. The molecular formula is C16H20OSi. The van der Waals surface area contributed by atoms with Crippen LogP contribution in [0.3, 0.4) is 0 Å². The van der Waals surface area contributed by atoms with Gasteiger partial charge in [0.25, 0.3) is 0 Å². The van der Waals surface area contributed by atoms with Crippen molar-refractivity contribution in [2.75, 3.05) is 0 Å². The van der Waals surface area contributed by atoms with Gasteiger partial charge >= 0.3 is 0 Å². The monoisotopic (exact) mass is 256 g/mol. The summed E-state index contributed by atoms with van der Waals surface area (Å²) in [4.78, 5) is 0. The van der Waals surface area contributed by atoms with Crippen LogP contribution in [0.5, 0.6) is 0 Å². The molecule has 1 nitrogen and oxygen atoms in total. The Kier molecular flexibility index (Phi) is 3.99. The van der Waals surface area contributed by atoms with E-state index in [1.54, 1.807) is 0 Å². The first-order chi connectivity index (χ1) is 8.69. The first-order valence-corrected chi connectivity index (χ1v) is 9.32. The lowest BCUT2D eigenvalue weighted by atomic mass is 9.98. The highest BCUT2D eigenvalue weighted by molar-refractivity contribution is 6.71. The molecule has 0 unspecified atom stereocenters. The van der Waals surface area contributed by atoms with Crippen molar-refractivity contribution in [1.82, 2.24) is 0 Å². The zero-order valence-electron chi connectivity index (χ0n) is 11.1. The van der Waals surface area contributed by atoms with Gasteiger partial charge in [0.1, 0.15) is 0 Å². The Bertz CT molecular complexity index is 573. The van der Waals surface area contributed by atoms with Gasteiger partial charge in [-0.1, -0.05) is 54.7 Å². The van der Waals surface area contributed by atoms with Crippen LogP contribution in [0.1, 0.15) is 11.1 Å². The van der Waals surface area contributed by atoms with Crippen molar-refractivity contribution in [1.29, 1.82) is 0 Å². The normalized spacial score (nSPS) is 11.1. The summed E-state index contributed by atoms with van der Waals surface area (Å²) in [6.45, 7) is 8.65. The third-order valence-corrected chi connectivity index (χ3v) is 5.18. The van der Waals surface area contributed by atoms with Gasteiger partial charge in [-0.15, -0.1) is 6.58 Å². The summed E-state index contributed by atoms with van der Waals surface area (Å²) in [6, 6.07) is 10.6. The molecular weight excluding hydrogens is 236 g/mol. The Balaban J connectivity index is 2.82. The molecule has 1 N–H and O–H groups in total. The van der Waals surface area contributed by atoms with Gasteiger partial charge in [-0.3, -0.25) is 0 Å². The van der Waals surface area contributed by atoms with Crippen LogP contribution in [0.15, 0.2) is 43.0 Å². The SMILES string of the molecule is C=CCc1c([SiH](C)C)cc(CO)c2ccccc12. The van der Waals surface area contributed by atoms with Crippen molar-refractivity contribution < 1.29 is 5.11 Å². The van der Waals surface area contributed by atoms with Crippen molar-refractivity contribution in [3.63, 3.8) is 0 Å². The van der Waals surface area contributed by atoms with Gasteiger partial charge in [-0.05, 0) is 28.3 Å². The van der Waals surface area contributed by atoms with E-state index in [4.69, 9.17) is 0 Å². The van der Waals surface area contributed by atoms with E-state index >= 15 is 0 Å². The number of hydrogen-bond acceptors (Lipinski definition) is 1. The molecule has 0 saturated carbocycles. The summed E-state index contributed by atoms with van der Waals surface area (Å²) in [7, 11) is -0.908. The molecule has 18 heavy (non-hydrogen) atoms. The second-order valence-corrected chi connectivity index (χ2v) is 7.89. The number of aliphatic hydroxyl groups is 1. The van der Waals surface area contributed by atoms with E-state index in [-0.39, 0.29) is 6.61 Å². The highest BCUT2D eigenvalue weighted by Gasteiger charge is 2.13. The van der Waals surface area contributed by atoms with Crippen LogP contribution in [-0.2, 0) is 13.0 Å². The Morgan fingerprint density at radius 1 is 1.22 bits per heavy atom. The molecule has 2 heteroatoms. The fraction of sp³-hybridized carbons (Fsp3) is 0.250. The van der Waals surface area contributed by atoms with Crippen molar-refractivity contribution in [2.24, 2.45) is 0 Å². The Morgan fingerprint density at radius 3 is 2.44 bits per heavy atom. The van der Waals surface area contributed by atoms with Gasteiger partial charge < -0.3 is 5.11 Å². The van der Waals surface area contributed by atoms with E-state index in [0.29, 0.717) is 0 Å². The number of fused-ring (bicyclic) bond motifs is 1. The molecule has 0 saturated heterocycles. The van der Waals surface area contributed by atoms with Crippen LogP contribution in [0.25, 0.3) is 10.8 Å². The minimum absolute atomic E-state index is 0.114. The fourth-order valence-corrected chi connectivity index (χ4v) is 4.06. The summed E-state index contributed by atoms with van der Waals surface area (Å²) in [5.41, 5.74) is 2.45. The number of benzene rings is 2. The molecule has 94 valence electrons. The molecule has 0 fully saturated rings. The van der Waals surface area contributed by atoms with Gasteiger partial charge in [0.05, 0.1) is 15.4 Å². The maximum atomic E-state index is 9.56. The molecule has 0 aliphatic heterocycles. The molecule has 0 atom stereocenters. The lowest BCUT2D eigenvalue weighted by Gasteiger charge is -2.17. The summed E-state index contributed by atoms with van der Waals surface area (Å²) < 4.78 is 0. The van der Waals surface area contributed by atoms with Gasteiger partial charge in [-0.2, -0.15) is 0 Å². The van der Waals surface area contributed by atoms with Gasteiger partial charge in [-0.25, -0.2) is 0 Å². The molecule has 0 aliphatic rings. The topological polar surface area (TPSA) is 20.2 Å². The molecule has 2 rings (SSSR count). The highest BCUT2D eigenvalue weighted by atomic mass is 28.3. The minimum Gasteiger partial charge on any atom is -0.392 e. The average Bonchev–Trinajstić information content (AvgIpc) is 2.39. The predicted molar refractivity (Wildman–Crippen MR) is 82.3 cm³/mol. The second kappa shape index (κ2) is 5.51. The minimum atomic E-state index is -0.908. The number of hydrogen-bond donors (Lipinski definition) is 1. The fourth-order valence-electron chi connectivity index (χ4n) is 2.55. The van der Waals surface area contributed by atoms with Crippen LogP contribution in [-0.4, -0.2) is 13.9 Å². The lowest BCUT2D eigenvalue weighted by Crippen LogP contribution is -2.27. The zero-order valence-corrected chi connectivity index (χ0v) is 12.3. The maximum absolute atomic E-state index is 9.56. The van der Waals surface area contributed by atoms with Gasteiger partial charge in [0, 0.05) is 0 Å². The second-order valence-electron chi connectivity index (χ2n) is 4.95. The third-order valence-electron chi connectivity index (χ3n) is 3.42. The highest BCUT2D eigenvalue weighted by Crippen LogP contribution is 2.23. The van der Waals surface area contributed by atoms with Crippen LogP contribution in [0, 0.1) is 0 Å². The van der Waals surface area contributed by atoms with E-state index in [1.165, 1.54) is 21.5 Å². The summed E-state index contributed by atoms with van der Waals surface area (Å²) in [6.07, 6.45) is 2.88. The maximum Gasteiger partial charge on any atom is 0.0687 e. The van der Waals surface area contributed by atoms with Crippen molar-refractivity contribution >= 4 is 24.8 Å². The average molecular weight is 256 g/mol. The van der Waals surface area contributed by atoms with Crippen molar-refractivity contribution in [2.45, 2.75) is 26.1 Å². The summed E-state index contributed by atoms with van der Waals surface area (Å²) in [5.74, 6) is 0. The molecule has 2 aromatic carbocycles. The van der Waals surface area contributed by atoms with Crippen LogP contribution in [0.2, 0.25) is 13.1 Å². The molecule has 0 bridgehead atoms. The van der Waals surface area contributed by atoms with E-state index in [2.05, 4.69) is 43.9 Å². The van der Waals surface area contributed by atoms with Gasteiger partial charge in [0.15, 0.2) is 0 Å². The first kappa shape index (κ1) is 13.1. The quantitative estimate of drug-likeness (QED) is 0.659. The Labute approximate surface area is 110 Å². The summed E-state index contributed by atoms with van der Waals surface area (Å²) in [5, 5.41) is 13.5. The summed E-state index contributed by atoms with van der Waals surface area (Å²) >= 11 is 0. The number of rotatable bonds is 4.